The van der Waals surface area contributed by atoms with E-state index in [0.717, 1.165) is 12.5 Å². The lowest BCUT2D eigenvalue weighted by atomic mass is 10.1. The minimum atomic E-state index is 0.617. The minimum Gasteiger partial charge on any atom is -0.317 e. The zero-order chi connectivity index (χ0) is 11.1. The second kappa shape index (κ2) is 7.24. The van der Waals surface area contributed by atoms with Gasteiger partial charge in [0.05, 0.1) is 0 Å². The van der Waals surface area contributed by atoms with Crippen LogP contribution in [0.1, 0.15) is 41.0 Å². The van der Waals surface area contributed by atoms with Gasteiger partial charge in [-0.05, 0) is 39.8 Å². The number of nitrogens with one attached hydrogen (secondary N) is 1. The van der Waals surface area contributed by atoms with Gasteiger partial charge in [0.2, 0.25) is 0 Å². The van der Waals surface area contributed by atoms with Crippen LogP contribution in [0.15, 0.2) is 0 Å². The predicted octanol–water partition coefficient (Wildman–Crippen LogP) is 2.35. The van der Waals surface area contributed by atoms with Crippen LogP contribution >= 0.6 is 0 Å². The van der Waals surface area contributed by atoms with Gasteiger partial charge < -0.3 is 10.2 Å². The van der Waals surface area contributed by atoms with Gasteiger partial charge in [-0.15, -0.1) is 0 Å². The van der Waals surface area contributed by atoms with Crippen LogP contribution in [0.3, 0.4) is 0 Å². The first-order valence-electron chi connectivity index (χ1n) is 5.92. The summed E-state index contributed by atoms with van der Waals surface area (Å²) in [5.74, 6) is 0.766. The number of nitrogens with zero attached hydrogens (tertiary/aromatic N) is 1. The van der Waals surface area contributed by atoms with Gasteiger partial charge in [0.25, 0.3) is 0 Å². The smallest absolute Gasteiger partial charge is 0.00816 e. The topological polar surface area (TPSA) is 15.3 Å². The Labute approximate surface area is 90.1 Å². The maximum Gasteiger partial charge on any atom is 0.00816 e. The van der Waals surface area contributed by atoms with Crippen molar-refractivity contribution in [2.45, 2.75) is 53.1 Å². The highest BCUT2D eigenvalue weighted by molar-refractivity contribution is 4.72. The fourth-order valence-electron chi connectivity index (χ4n) is 1.87. The first-order valence-corrected chi connectivity index (χ1v) is 5.92. The molecule has 2 unspecified atom stereocenters. The van der Waals surface area contributed by atoms with Gasteiger partial charge in [0, 0.05) is 18.6 Å². The summed E-state index contributed by atoms with van der Waals surface area (Å²) < 4.78 is 0. The summed E-state index contributed by atoms with van der Waals surface area (Å²) >= 11 is 0. The summed E-state index contributed by atoms with van der Waals surface area (Å²) in [6.07, 6.45) is 1.23. The van der Waals surface area contributed by atoms with Gasteiger partial charge in [-0.2, -0.15) is 0 Å². The Morgan fingerprint density at radius 1 is 1.14 bits per heavy atom. The van der Waals surface area contributed by atoms with E-state index in [1.807, 2.05) is 7.05 Å². The molecule has 0 fully saturated rings. The van der Waals surface area contributed by atoms with E-state index in [1.165, 1.54) is 13.0 Å². The van der Waals surface area contributed by atoms with Crippen LogP contribution in [0.4, 0.5) is 0 Å². The van der Waals surface area contributed by atoms with E-state index in [-0.39, 0.29) is 0 Å². The van der Waals surface area contributed by atoms with Crippen LogP contribution < -0.4 is 5.32 Å². The molecule has 14 heavy (non-hydrogen) atoms. The standard InChI is InChI=1S/C12H28N2/c1-7-14(9-10(2)3)12(5)8-11(4)13-6/h10-13H,7-9H2,1-6H3. The highest BCUT2D eigenvalue weighted by Crippen LogP contribution is 2.09. The molecule has 0 amide bonds. The fourth-order valence-corrected chi connectivity index (χ4v) is 1.87. The molecule has 0 bridgehead atoms. The van der Waals surface area contributed by atoms with Crippen molar-refractivity contribution in [1.82, 2.24) is 10.2 Å². The Kier molecular flexibility index (Phi) is 7.20. The Bertz CT molecular complexity index is 134. The Morgan fingerprint density at radius 2 is 1.71 bits per heavy atom. The molecule has 2 heteroatoms. The molecule has 0 saturated heterocycles. The zero-order valence-corrected chi connectivity index (χ0v) is 10.8. The van der Waals surface area contributed by atoms with Crippen molar-refractivity contribution in [3.63, 3.8) is 0 Å². The Hall–Kier alpha value is -0.0800. The summed E-state index contributed by atoms with van der Waals surface area (Å²) in [6, 6.07) is 1.30. The lowest BCUT2D eigenvalue weighted by Crippen LogP contribution is -2.39. The van der Waals surface area contributed by atoms with E-state index < -0.39 is 0 Å². The first kappa shape index (κ1) is 13.9. The van der Waals surface area contributed by atoms with Gasteiger partial charge in [-0.3, -0.25) is 0 Å². The molecule has 0 rings (SSSR count). The zero-order valence-electron chi connectivity index (χ0n) is 10.8. The molecule has 0 aliphatic rings. The molecular formula is C12H28N2. The largest absolute Gasteiger partial charge is 0.317 e. The summed E-state index contributed by atoms with van der Waals surface area (Å²) in [5, 5.41) is 3.30. The van der Waals surface area contributed by atoms with Crippen LogP contribution in [0.5, 0.6) is 0 Å². The van der Waals surface area contributed by atoms with Gasteiger partial charge in [-0.25, -0.2) is 0 Å². The minimum absolute atomic E-state index is 0.617. The summed E-state index contributed by atoms with van der Waals surface area (Å²) in [7, 11) is 2.04. The van der Waals surface area contributed by atoms with Crippen molar-refractivity contribution in [3.8, 4) is 0 Å². The third kappa shape index (κ3) is 5.61. The third-order valence-corrected chi connectivity index (χ3v) is 2.82. The van der Waals surface area contributed by atoms with Crippen molar-refractivity contribution in [2.24, 2.45) is 5.92 Å². The molecule has 0 aliphatic carbocycles. The van der Waals surface area contributed by atoms with E-state index >= 15 is 0 Å². The molecule has 0 aromatic rings. The number of rotatable bonds is 7. The molecule has 0 radical (unpaired) electrons. The summed E-state index contributed by atoms with van der Waals surface area (Å²) in [4.78, 5) is 2.57. The van der Waals surface area contributed by atoms with E-state index in [9.17, 15) is 0 Å². The average Bonchev–Trinajstić information content (AvgIpc) is 2.13. The van der Waals surface area contributed by atoms with E-state index in [0.29, 0.717) is 12.1 Å². The third-order valence-electron chi connectivity index (χ3n) is 2.82. The van der Waals surface area contributed by atoms with E-state index in [1.54, 1.807) is 0 Å². The average molecular weight is 200 g/mol. The maximum atomic E-state index is 3.30. The maximum absolute atomic E-state index is 3.30. The number of hydrogen-bond donors (Lipinski definition) is 1. The van der Waals surface area contributed by atoms with Crippen LogP contribution in [-0.4, -0.2) is 37.1 Å². The number of hydrogen-bond acceptors (Lipinski definition) is 2. The summed E-state index contributed by atoms with van der Waals surface area (Å²) in [6.45, 7) is 13.8. The Balaban J connectivity index is 3.96. The van der Waals surface area contributed by atoms with Crippen molar-refractivity contribution in [2.75, 3.05) is 20.1 Å². The second-order valence-corrected chi connectivity index (χ2v) is 4.76. The monoisotopic (exact) mass is 200 g/mol. The molecule has 0 spiro atoms. The summed E-state index contributed by atoms with van der Waals surface area (Å²) in [5.41, 5.74) is 0. The molecule has 0 heterocycles. The van der Waals surface area contributed by atoms with Crippen LogP contribution in [0, 0.1) is 5.92 Å². The highest BCUT2D eigenvalue weighted by Gasteiger charge is 2.15. The van der Waals surface area contributed by atoms with Crippen molar-refractivity contribution >= 4 is 0 Å². The Morgan fingerprint density at radius 3 is 2.07 bits per heavy atom. The van der Waals surface area contributed by atoms with Crippen molar-refractivity contribution < 1.29 is 0 Å². The van der Waals surface area contributed by atoms with E-state index in [2.05, 4.69) is 44.8 Å². The van der Waals surface area contributed by atoms with Crippen LogP contribution in [0.2, 0.25) is 0 Å². The lowest BCUT2D eigenvalue weighted by molar-refractivity contribution is 0.179. The molecule has 0 aromatic carbocycles. The van der Waals surface area contributed by atoms with Gasteiger partial charge in [-0.1, -0.05) is 20.8 Å². The molecule has 0 aliphatic heterocycles. The van der Waals surface area contributed by atoms with Crippen LogP contribution in [-0.2, 0) is 0 Å². The van der Waals surface area contributed by atoms with Gasteiger partial charge >= 0.3 is 0 Å². The molecule has 0 aromatic heterocycles. The molecule has 0 saturated carbocycles. The predicted molar refractivity (Wildman–Crippen MR) is 64.7 cm³/mol. The second-order valence-electron chi connectivity index (χ2n) is 4.76. The molecule has 86 valence electrons. The molecular weight excluding hydrogens is 172 g/mol. The molecule has 1 N–H and O–H groups in total. The SMILES string of the molecule is CCN(CC(C)C)C(C)CC(C)NC. The van der Waals surface area contributed by atoms with Gasteiger partial charge in [0.1, 0.15) is 0 Å². The van der Waals surface area contributed by atoms with Gasteiger partial charge in [0.15, 0.2) is 0 Å². The first-order chi connectivity index (χ1) is 6.51. The quantitative estimate of drug-likeness (QED) is 0.678. The lowest BCUT2D eigenvalue weighted by Gasteiger charge is -2.31. The highest BCUT2D eigenvalue weighted by atomic mass is 15.1. The van der Waals surface area contributed by atoms with Crippen LogP contribution in [0.25, 0.3) is 0 Å². The fraction of sp³-hybridized carbons (Fsp3) is 1.00. The van der Waals surface area contributed by atoms with Crippen molar-refractivity contribution in [3.05, 3.63) is 0 Å². The normalized spacial score (nSPS) is 16.3. The molecule has 2 nitrogen and oxygen atoms in total. The van der Waals surface area contributed by atoms with Crippen molar-refractivity contribution in [1.29, 1.82) is 0 Å². The van der Waals surface area contributed by atoms with E-state index in [4.69, 9.17) is 0 Å². The molecule has 2 atom stereocenters.